The van der Waals surface area contributed by atoms with Gasteiger partial charge in [0.15, 0.2) is 5.65 Å². The Bertz CT molecular complexity index is 1890. The average molecular weight is 572 g/mol. The van der Waals surface area contributed by atoms with Crippen molar-refractivity contribution in [2.75, 3.05) is 26.2 Å². The van der Waals surface area contributed by atoms with Crippen molar-refractivity contribution in [3.8, 4) is 11.1 Å². The second kappa shape index (κ2) is 9.67. The summed E-state index contributed by atoms with van der Waals surface area (Å²) in [5.41, 5.74) is 3.33. The van der Waals surface area contributed by atoms with Gasteiger partial charge in [-0.2, -0.15) is 14.8 Å². The van der Waals surface area contributed by atoms with E-state index >= 15 is 0 Å². The van der Waals surface area contributed by atoms with Gasteiger partial charge in [-0.1, -0.05) is 18.2 Å². The molecule has 1 aromatic carbocycles. The molecule has 0 saturated carbocycles. The van der Waals surface area contributed by atoms with E-state index in [0.717, 1.165) is 42.5 Å². The van der Waals surface area contributed by atoms with Crippen LogP contribution in [0.5, 0.6) is 0 Å². The minimum absolute atomic E-state index is 0.112. The lowest BCUT2D eigenvalue weighted by atomic mass is 9.79. The van der Waals surface area contributed by atoms with E-state index in [0.29, 0.717) is 42.9 Å². The number of hydrogen-bond donors (Lipinski definition) is 1. The maximum absolute atomic E-state index is 14.2. The summed E-state index contributed by atoms with van der Waals surface area (Å²) < 4.78 is 31.2. The summed E-state index contributed by atoms with van der Waals surface area (Å²) in [6, 6.07) is 16.0. The summed E-state index contributed by atoms with van der Waals surface area (Å²) in [6.07, 6.45) is 6.86. The Morgan fingerprint density at radius 2 is 1.80 bits per heavy atom. The Labute approximate surface area is 236 Å². The molecule has 0 radical (unpaired) electrons. The normalized spacial score (nSPS) is 20.0. The number of nitrogens with zero attached hydrogens (tertiary/aromatic N) is 7. The van der Waals surface area contributed by atoms with Crippen LogP contribution in [0.25, 0.3) is 27.7 Å². The third-order valence-electron chi connectivity index (χ3n) is 8.44. The molecule has 1 N–H and O–H groups in total. The second-order valence-electron chi connectivity index (χ2n) is 11.0. The van der Waals surface area contributed by atoms with Gasteiger partial charge in [0.2, 0.25) is 0 Å². The number of aromatic nitrogens is 5. The van der Waals surface area contributed by atoms with Gasteiger partial charge in [0, 0.05) is 54.9 Å². The molecule has 0 bridgehead atoms. The van der Waals surface area contributed by atoms with Crippen LogP contribution in [0.4, 0.5) is 4.79 Å². The van der Waals surface area contributed by atoms with E-state index in [9.17, 15) is 18.3 Å². The first-order valence-electron chi connectivity index (χ1n) is 13.6. The summed E-state index contributed by atoms with van der Waals surface area (Å²) in [5, 5.41) is 18.9. The number of carboxylic acid groups (broad SMARTS) is 1. The van der Waals surface area contributed by atoms with Crippen molar-refractivity contribution < 1.29 is 18.3 Å². The minimum atomic E-state index is -3.97. The van der Waals surface area contributed by atoms with Crippen LogP contribution in [0.3, 0.4) is 0 Å². The lowest BCUT2D eigenvalue weighted by Crippen LogP contribution is -2.45. The highest BCUT2D eigenvalue weighted by atomic mass is 32.2. The van der Waals surface area contributed by atoms with Crippen LogP contribution in [0.15, 0.2) is 78.1 Å². The van der Waals surface area contributed by atoms with Gasteiger partial charge >= 0.3 is 6.09 Å². The third kappa shape index (κ3) is 4.34. The summed E-state index contributed by atoms with van der Waals surface area (Å²) >= 11 is 0. The molecule has 0 aliphatic carbocycles. The molecule has 6 heterocycles. The van der Waals surface area contributed by atoms with Crippen LogP contribution in [-0.2, 0) is 16.6 Å². The van der Waals surface area contributed by atoms with Crippen LogP contribution in [0.2, 0.25) is 0 Å². The van der Waals surface area contributed by atoms with Crippen molar-refractivity contribution in [3.63, 3.8) is 0 Å². The van der Waals surface area contributed by atoms with Gasteiger partial charge in [0.1, 0.15) is 0 Å². The van der Waals surface area contributed by atoms with Gasteiger partial charge < -0.3 is 10.0 Å². The Balaban J connectivity index is 1.35. The van der Waals surface area contributed by atoms with Gasteiger partial charge in [-0.3, -0.25) is 4.90 Å². The molecule has 1 atom stereocenters. The van der Waals surface area contributed by atoms with Gasteiger partial charge in [-0.05, 0) is 67.8 Å². The average Bonchev–Trinajstić information content (AvgIpc) is 3.69. The van der Waals surface area contributed by atoms with Crippen molar-refractivity contribution in [1.29, 1.82) is 0 Å². The molecule has 5 aromatic rings. The first-order valence-corrected chi connectivity index (χ1v) is 15.1. The predicted octanol–water partition coefficient (Wildman–Crippen LogP) is 3.95. The van der Waals surface area contributed by atoms with Crippen LogP contribution >= 0.6 is 0 Å². The van der Waals surface area contributed by atoms with Crippen molar-refractivity contribution >= 4 is 32.7 Å². The molecule has 1 unspecified atom stereocenters. The smallest absolute Gasteiger partial charge is 0.407 e. The lowest BCUT2D eigenvalue weighted by Gasteiger charge is -2.40. The van der Waals surface area contributed by atoms with Crippen LogP contribution in [0, 0.1) is 5.41 Å². The fraction of sp³-hybridized carbons (Fsp3) is 0.310. The van der Waals surface area contributed by atoms with E-state index in [1.165, 1.54) is 8.87 Å². The molecule has 210 valence electrons. The molecule has 7 rings (SSSR count). The van der Waals surface area contributed by atoms with Crippen LogP contribution in [0.1, 0.15) is 25.0 Å². The first kappa shape index (κ1) is 25.7. The topological polar surface area (TPSA) is 126 Å². The van der Waals surface area contributed by atoms with Gasteiger partial charge in [0.25, 0.3) is 10.0 Å². The zero-order chi connectivity index (χ0) is 28.2. The highest BCUT2D eigenvalue weighted by Crippen LogP contribution is 2.40. The zero-order valence-corrected chi connectivity index (χ0v) is 23.1. The number of fused-ring (bicyclic) bond motifs is 2. The maximum atomic E-state index is 14.2. The summed E-state index contributed by atoms with van der Waals surface area (Å²) in [7, 11) is -3.97. The highest BCUT2D eigenvalue weighted by molar-refractivity contribution is 7.90. The van der Waals surface area contributed by atoms with Gasteiger partial charge in [-0.15, -0.1) is 0 Å². The first-order chi connectivity index (χ1) is 19.8. The monoisotopic (exact) mass is 571 g/mol. The number of pyridine rings is 1. The second-order valence-corrected chi connectivity index (χ2v) is 12.8. The van der Waals surface area contributed by atoms with E-state index in [4.69, 9.17) is 0 Å². The standard InChI is InChI=1S/C29H29N7O4S/c37-28(38)34-15-11-29(20-34)10-5-14-33(19-29)18-21-16-24-23(25-17-32-36-26(25)8-4-12-31-36)9-13-30-27(24)35(21)41(39,40)22-6-2-1-3-7-22/h1-4,6-9,12-13,16-17H,5,10-11,14-15,18-20H2,(H,37,38). The number of benzene rings is 1. The van der Waals surface area contributed by atoms with E-state index in [1.807, 2.05) is 24.3 Å². The van der Waals surface area contributed by atoms with E-state index < -0.39 is 16.1 Å². The molecular formula is C29H29N7O4S. The molecule has 4 aromatic heterocycles. The highest BCUT2D eigenvalue weighted by Gasteiger charge is 2.43. The van der Waals surface area contributed by atoms with Crippen LogP contribution in [-0.4, -0.2) is 79.4 Å². The lowest BCUT2D eigenvalue weighted by molar-refractivity contribution is 0.0842. The summed E-state index contributed by atoms with van der Waals surface area (Å²) in [5.74, 6) is 0. The Kier molecular flexibility index (Phi) is 6.05. The van der Waals surface area contributed by atoms with Gasteiger partial charge in [0.05, 0.1) is 22.3 Å². The molecule has 2 saturated heterocycles. The summed E-state index contributed by atoms with van der Waals surface area (Å²) in [6.45, 7) is 2.96. The molecule has 11 nitrogen and oxygen atoms in total. The fourth-order valence-corrected chi connectivity index (χ4v) is 8.09. The number of likely N-dealkylation sites (tertiary alicyclic amines) is 2. The van der Waals surface area contributed by atoms with Crippen molar-refractivity contribution in [3.05, 3.63) is 78.9 Å². The van der Waals surface area contributed by atoms with E-state index in [-0.39, 0.29) is 10.3 Å². The quantitative estimate of drug-likeness (QED) is 0.336. The fourth-order valence-electron chi connectivity index (χ4n) is 6.58. The minimum Gasteiger partial charge on any atom is -0.465 e. The van der Waals surface area contributed by atoms with Crippen molar-refractivity contribution in [1.82, 2.24) is 33.6 Å². The molecule has 1 spiro atoms. The maximum Gasteiger partial charge on any atom is 0.407 e. The van der Waals surface area contributed by atoms with E-state index in [1.54, 1.807) is 53.6 Å². The Morgan fingerprint density at radius 1 is 0.951 bits per heavy atom. The third-order valence-corrected chi connectivity index (χ3v) is 10.2. The molecule has 41 heavy (non-hydrogen) atoms. The van der Waals surface area contributed by atoms with Gasteiger partial charge in [-0.25, -0.2) is 22.2 Å². The Hall–Kier alpha value is -4.29. The number of carbonyl (C=O) groups is 1. The summed E-state index contributed by atoms with van der Waals surface area (Å²) in [4.78, 5) is 20.2. The number of amides is 1. The Morgan fingerprint density at radius 3 is 2.61 bits per heavy atom. The van der Waals surface area contributed by atoms with Crippen LogP contribution < -0.4 is 0 Å². The molecular weight excluding hydrogens is 542 g/mol. The molecule has 2 aliphatic rings. The number of piperidine rings is 1. The predicted molar refractivity (Wildman–Crippen MR) is 152 cm³/mol. The zero-order valence-electron chi connectivity index (χ0n) is 22.3. The molecule has 2 fully saturated rings. The van der Waals surface area contributed by atoms with Crippen molar-refractivity contribution in [2.45, 2.75) is 30.7 Å². The largest absolute Gasteiger partial charge is 0.465 e. The SMILES string of the molecule is O=C(O)N1CCC2(CCCN(Cc3cc4c(-c5cnn6ncccc56)ccnc4n3S(=O)(=O)c3ccccc3)C2)C1. The molecule has 1 amide bonds. The molecule has 2 aliphatic heterocycles. The van der Waals surface area contributed by atoms with Crippen molar-refractivity contribution in [2.24, 2.45) is 5.41 Å². The number of rotatable bonds is 5. The van der Waals surface area contributed by atoms with E-state index in [2.05, 4.69) is 20.1 Å². The molecule has 12 heteroatoms. The number of hydrogen-bond acceptors (Lipinski definition) is 7.